The predicted octanol–water partition coefficient (Wildman–Crippen LogP) is 3.80. The van der Waals surface area contributed by atoms with Gasteiger partial charge in [0.1, 0.15) is 23.1 Å². The number of aromatic hydroxyl groups is 1. The normalized spacial score (nSPS) is 11.0. The van der Waals surface area contributed by atoms with Gasteiger partial charge in [-0.3, -0.25) is 4.68 Å². The molecule has 0 aliphatic rings. The van der Waals surface area contributed by atoms with Gasteiger partial charge in [0, 0.05) is 18.8 Å². The molecule has 0 atom stereocenters. The van der Waals surface area contributed by atoms with Crippen LogP contribution in [0.4, 0.5) is 17.5 Å². The molecule has 0 aliphatic carbocycles. The Morgan fingerprint density at radius 2 is 1.96 bits per heavy atom. The predicted molar refractivity (Wildman–Crippen MR) is 108 cm³/mol. The van der Waals surface area contributed by atoms with Crippen LogP contribution in [0.5, 0.6) is 17.2 Å². The number of hydrogen-bond acceptors (Lipinski definition) is 7. The van der Waals surface area contributed by atoms with Gasteiger partial charge in [0.15, 0.2) is 0 Å². The molecule has 2 aromatic carbocycles. The van der Waals surface area contributed by atoms with E-state index in [1.807, 2.05) is 32.3 Å². The summed E-state index contributed by atoms with van der Waals surface area (Å²) in [4.78, 5) is 8.90. The minimum absolute atomic E-state index is 0.174. The van der Waals surface area contributed by atoms with Crippen LogP contribution in [-0.2, 0) is 7.05 Å². The van der Waals surface area contributed by atoms with Crippen molar-refractivity contribution in [2.45, 2.75) is 13.8 Å². The molecule has 0 unspecified atom stereocenters. The molecule has 4 N–H and O–H groups in total. The number of nitrogens with zero attached hydrogens (tertiary/aromatic N) is 4. The lowest BCUT2D eigenvalue weighted by atomic mass is 10.1. The lowest BCUT2D eigenvalue weighted by Gasteiger charge is -2.15. The number of phenols is 1. The van der Waals surface area contributed by atoms with Crippen molar-refractivity contribution < 1.29 is 9.84 Å². The highest BCUT2D eigenvalue weighted by Crippen LogP contribution is 2.38. The van der Waals surface area contributed by atoms with E-state index in [0.29, 0.717) is 39.7 Å². The summed E-state index contributed by atoms with van der Waals surface area (Å²) >= 11 is 0. The zero-order chi connectivity index (χ0) is 19.8. The number of rotatable bonds is 4. The van der Waals surface area contributed by atoms with Crippen LogP contribution < -0.4 is 15.8 Å². The number of hydrogen-bond donors (Lipinski definition) is 3. The van der Waals surface area contributed by atoms with E-state index in [-0.39, 0.29) is 5.75 Å². The summed E-state index contributed by atoms with van der Waals surface area (Å²) < 4.78 is 7.80. The summed E-state index contributed by atoms with van der Waals surface area (Å²) in [5.74, 6) is 1.96. The van der Waals surface area contributed by atoms with Gasteiger partial charge in [-0.1, -0.05) is 12.1 Å². The standard InChI is InChI=1S/C20H20N6O2/c1-11-7-8-15(27)12(2)18(11)28-16-6-4-5-14-17(16)19(21)25-20(24-14)23-13-9-22-26(3)10-13/h4-10,27H,1-3H3,(H3,21,23,24,25). The lowest BCUT2D eigenvalue weighted by Crippen LogP contribution is -2.02. The lowest BCUT2D eigenvalue weighted by molar-refractivity contribution is 0.448. The molecule has 0 saturated carbocycles. The Kier molecular flexibility index (Phi) is 4.23. The first kappa shape index (κ1) is 17.6. The number of anilines is 3. The Labute approximate surface area is 161 Å². The molecule has 2 heterocycles. The number of nitrogens with two attached hydrogens (primary N) is 1. The molecular weight excluding hydrogens is 356 g/mol. The summed E-state index contributed by atoms with van der Waals surface area (Å²) in [6.07, 6.45) is 3.49. The minimum Gasteiger partial charge on any atom is -0.508 e. The number of ether oxygens (including phenoxy) is 1. The second-order valence-electron chi connectivity index (χ2n) is 6.57. The third-order valence-electron chi connectivity index (χ3n) is 4.46. The maximum absolute atomic E-state index is 10.0. The average molecular weight is 376 g/mol. The summed E-state index contributed by atoms with van der Waals surface area (Å²) in [7, 11) is 1.83. The molecule has 0 amide bonds. The van der Waals surface area contributed by atoms with Gasteiger partial charge in [-0.05, 0) is 37.6 Å². The molecule has 142 valence electrons. The fraction of sp³-hybridized carbons (Fsp3) is 0.150. The van der Waals surface area contributed by atoms with Crippen LogP contribution in [0.2, 0.25) is 0 Å². The molecule has 0 bridgehead atoms. The van der Waals surface area contributed by atoms with Crippen LogP contribution in [0.3, 0.4) is 0 Å². The van der Waals surface area contributed by atoms with E-state index in [9.17, 15) is 5.11 Å². The van der Waals surface area contributed by atoms with Crippen molar-refractivity contribution in [1.29, 1.82) is 0 Å². The first-order valence-electron chi connectivity index (χ1n) is 8.71. The van der Waals surface area contributed by atoms with Crippen molar-refractivity contribution in [3.05, 3.63) is 53.9 Å². The van der Waals surface area contributed by atoms with Crippen molar-refractivity contribution in [1.82, 2.24) is 19.7 Å². The van der Waals surface area contributed by atoms with E-state index < -0.39 is 0 Å². The molecule has 8 heteroatoms. The van der Waals surface area contributed by atoms with Gasteiger partial charge in [-0.25, -0.2) is 4.98 Å². The highest BCUT2D eigenvalue weighted by Gasteiger charge is 2.15. The van der Waals surface area contributed by atoms with Crippen LogP contribution in [0, 0.1) is 13.8 Å². The van der Waals surface area contributed by atoms with Crippen molar-refractivity contribution in [2.75, 3.05) is 11.1 Å². The molecule has 4 aromatic rings. The zero-order valence-electron chi connectivity index (χ0n) is 15.8. The van der Waals surface area contributed by atoms with Crippen LogP contribution in [0.25, 0.3) is 10.9 Å². The Morgan fingerprint density at radius 3 is 2.71 bits per heavy atom. The Balaban J connectivity index is 1.76. The molecule has 28 heavy (non-hydrogen) atoms. The first-order chi connectivity index (χ1) is 13.4. The van der Waals surface area contributed by atoms with Crippen molar-refractivity contribution in [3.8, 4) is 17.2 Å². The second-order valence-corrected chi connectivity index (χ2v) is 6.57. The zero-order valence-corrected chi connectivity index (χ0v) is 15.8. The van der Waals surface area contributed by atoms with Crippen molar-refractivity contribution in [2.24, 2.45) is 7.05 Å². The smallest absolute Gasteiger partial charge is 0.229 e. The highest BCUT2D eigenvalue weighted by atomic mass is 16.5. The van der Waals surface area contributed by atoms with Gasteiger partial charge in [0.2, 0.25) is 5.95 Å². The third kappa shape index (κ3) is 3.16. The quantitative estimate of drug-likeness (QED) is 0.497. The van der Waals surface area contributed by atoms with Crippen molar-refractivity contribution in [3.63, 3.8) is 0 Å². The number of phenolic OH excluding ortho intramolecular Hbond substituents is 1. The number of benzene rings is 2. The minimum atomic E-state index is 0.174. The molecule has 0 spiro atoms. The largest absolute Gasteiger partial charge is 0.508 e. The topological polar surface area (TPSA) is 111 Å². The van der Waals surface area contributed by atoms with E-state index in [0.717, 1.165) is 11.3 Å². The number of aryl methyl sites for hydroxylation is 2. The molecule has 0 aliphatic heterocycles. The van der Waals surface area contributed by atoms with E-state index in [1.54, 1.807) is 36.0 Å². The SMILES string of the molecule is Cc1ccc(O)c(C)c1Oc1cccc2nc(Nc3cnn(C)c3)nc(N)c12. The van der Waals surface area contributed by atoms with Gasteiger partial charge < -0.3 is 20.9 Å². The monoisotopic (exact) mass is 376 g/mol. The molecule has 0 radical (unpaired) electrons. The number of aromatic nitrogens is 4. The van der Waals surface area contributed by atoms with Crippen LogP contribution in [0.1, 0.15) is 11.1 Å². The van der Waals surface area contributed by atoms with Gasteiger partial charge in [-0.15, -0.1) is 0 Å². The summed E-state index contributed by atoms with van der Waals surface area (Å²) in [5, 5.41) is 17.8. The maximum atomic E-state index is 10.0. The van der Waals surface area contributed by atoms with Crippen LogP contribution in [-0.4, -0.2) is 24.9 Å². The summed E-state index contributed by atoms with van der Waals surface area (Å²) in [5.41, 5.74) is 9.21. The molecular formula is C20H20N6O2. The third-order valence-corrected chi connectivity index (χ3v) is 4.46. The molecule has 2 aromatic heterocycles. The van der Waals surface area contributed by atoms with Gasteiger partial charge in [0.05, 0.1) is 22.8 Å². The Hall–Kier alpha value is -3.81. The van der Waals surface area contributed by atoms with Gasteiger partial charge >= 0.3 is 0 Å². The number of nitrogens with one attached hydrogen (secondary N) is 1. The maximum Gasteiger partial charge on any atom is 0.229 e. The second kappa shape index (κ2) is 6.73. The first-order valence-corrected chi connectivity index (χ1v) is 8.71. The summed E-state index contributed by atoms with van der Waals surface area (Å²) in [6, 6.07) is 8.94. The average Bonchev–Trinajstić information content (AvgIpc) is 3.06. The number of fused-ring (bicyclic) bond motifs is 1. The summed E-state index contributed by atoms with van der Waals surface area (Å²) in [6.45, 7) is 3.72. The van der Waals surface area contributed by atoms with Crippen LogP contribution in [0.15, 0.2) is 42.7 Å². The van der Waals surface area contributed by atoms with Crippen molar-refractivity contribution >= 4 is 28.4 Å². The van der Waals surface area contributed by atoms with E-state index in [4.69, 9.17) is 10.5 Å². The van der Waals surface area contributed by atoms with Crippen LogP contribution >= 0.6 is 0 Å². The fourth-order valence-electron chi connectivity index (χ4n) is 3.02. The Morgan fingerprint density at radius 1 is 1.14 bits per heavy atom. The van der Waals surface area contributed by atoms with Gasteiger partial charge in [0.25, 0.3) is 0 Å². The molecule has 4 rings (SSSR count). The Bertz CT molecular complexity index is 1180. The fourth-order valence-corrected chi connectivity index (χ4v) is 3.02. The molecule has 0 fully saturated rings. The van der Waals surface area contributed by atoms with E-state index in [1.165, 1.54) is 0 Å². The molecule has 0 saturated heterocycles. The van der Waals surface area contributed by atoms with E-state index in [2.05, 4.69) is 20.4 Å². The highest BCUT2D eigenvalue weighted by molar-refractivity contribution is 5.95. The number of nitrogen functional groups attached to an aromatic ring is 1. The molecule has 8 nitrogen and oxygen atoms in total. The van der Waals surface area contributed by atoms with E-state index >= 15 is 0 Å². The van der Waals surface area contributed by atoms with Gasteiger partial charge in [-0.2, -0.15) is 10.1 Å².